The van der Waals surface area contributed by atoms with E-state index in [9.17, 15) is 30.3 Å². The molecule has 352 valence electrons. The number of thioether (sulfide) groups is 2. The van der Waals surface area contributed by atoms with E-state index in [1.54, 1.807) is 69.7 Å². The van der Waals surface area contributed by atoms with Gasteiger partial charge in [0.1, 0.15) is 49.7 Å². The molecule has 5 aromatic heterocycles. The third-order valence-electron chi connectivity index (χ3n) is 12.0. The van der Waals surface area contributed by atoms with Crippen molar-refractivity contribution in [1.82, 2.24) is 4.98 Å². The number of nitriles is 2. The monoisotopic (exact) mass is 1060 g/mol. The average Bonchev–Trinajstić information content (AvgIpc) is 4.26. The summed E-state index contributed by atoms with van der Waals surface area (Å²) < 4.78 is 26.9. The number of carbonyl (C=O) groups is 2. The van der Waals surface area contributed by atoms with Crippen LogP contribution in [0.1, 0.15) is 30.6 Å². The maximum Gasteiger partial charge on any atom is 0.346 e. The van der Waals surface area contributed by atoms with Gasteiger partial charge in [0.2, 0.25) is 0 Å². The topological polar surface area (TPSA) is 172 Å². The van der Waals surface area contributed by atoms with Gasteiger partial charge in [-0.25, -0.2) is 14.6 Å². The van der Waals surface area contributed by atoms with E-state index in [1.807, 2.05) is 18.2 Å². The van der Waals surface area contributed by atoms with Crippen LogP contribution in [-0.4, -0.2) is 64.1 Å². The molecule has 2 atom stereocenters. The van der Waals surface area contributed by atoms with Crippen molar-refractivity contribution in [3.8, 4) is 56.0 Å². The van der Waals surface area contributed by atoms with Gasteiger partial charge in [-0.1, -0.05) is 66.8 Å². The smallest absolute Gasteiger partial charge is 0.346 e. The van der Waals surface area contributed by atoms with Crippen LogP contribution in [0, 0.1) is 22.7 Å². The van der Waals surface area contributed by atoms with Crippen LogP contribution in [0.2, 0.25) is 0 Å². The molecule has 72 heavy (non-hydrogen) atoms. The van der Waals surface area contributed by atoms with E-state index in [0.717, 1.165) is 99.2 Å². The first-order valence-corrected chi connectivity index (χ1v) is 27.4. The van der Waals surface area contributed by atoms with Gasteiger partial charge >= 0.3 is 11.9 Å². The average molecular weight is 1060 g/mol. The lowest BCUT2D eigenvalue weighted by atomic mass is 9.94. The van der Waals surface area contributed by atoms with Gasteiger partial charge in [0.25, 0.3) is 0 Å². The van der Waals surface area contributed by atoms with E-state index in [-0.39, 0.29) is 21.6 Å². The maximum atomic E-state index is 11.4. The molecule has 0 spiro atoms. The zero-order valence-electron chi connectivity index (χ0n) is 37.2. The predicted molar refractivity (Wildman–Crippen MR) is 293 cm³/mol. The van der Waals surface area contributed by atoms with Gasteiger partial charge in [0, 0.05) is 50.9 Å². The molecule has 2 N–H and O–H groups in total. The van der Waals surface area contributed by atoms with Crippen LogP contribution in [0.15, 0.2) is 113 Å². The molecule has 4 aliphatic heterocycles. The summed E-state index contributed by atoms with van der Waals surface area (Å²) in [6.45, 7) is 1.78. The second-order valence-corrected chi connectivity index (χ2v) is 23.4. The Kier molecular flexibility index (Phi) is 12.1. The lowest BCUT2D eigenvalue weighted by Gasteiger charge is -2.17. The molecule has 0 saturated heterocycles. The number of allylic oxidation sites excluding steroid dienone is 1. The molecule has 3 aromatic carbocycles. The molecule has 0 saturated carbocycles. The molecule has 0 radical (unpaired) electrons. The molecule has 17 heteroatoms. The summed E-state index contributed by atoms with van der Waals surface area (Å²) in [4.78, 5) is 35.5. The number of fused-ring (bicyclic) bond motifs is 6. The first-order valence-electron chi connectivity index (χ1n) is 22.3. The minimum Gasteiger partial charge on any atom is -0.485 e. The lowest BCUT2D eigenvalue weighted by molar-refractivity contribution is -0.133. The van der Waals surface area contributed by atoms with Gasteiger partial charge < -0.3 is 29.2 Å². The molecular formula is C55H33N3O8S6. The number of hydrogen-bond acceptors (Lipinski definition) is 15. The molecule has 0 amide bonds. The summed E-state index contributed by atoms with van der Waals surface area (Å²) in [7, 11) is 0. The van der Waals surface area contributed by atoms with E-state index in [2.05, 4.69) is 97.1 Å². The summed E-state index contributed by atoms with van der Waals surface area (Å²) in [6, 6.07) is 30.6. The number of nitrogens with zero attached hydrogens (tertiary/aromatic N) is 3. The molecule has 0 bridgehead atoms. The molecule has 0 aliphatic carbocycles. The highest BCUT2D eigenvalue weighted by atomic mass is 32.2. The van der Waals surface area contributed by atoms with Crippen LogP contribution in [0.5, 0.6) is 23.0 Å². The minimum absolute atomic E-state index is 0.107. The van der Waals surface area contributed by atoms with E-state index in [4.69, 9.17) is 23.9 Å². The predicted octanol–water partition coefficient (Wildman–Crippen LogP) is 14.0. The number of rotatable bonds is 11. The fraction of sp³-hybridized carbons (Fsp3) is 0.109. The van der Waals surface area contributed by atoms with Crippen molar-refractivity contribution in [2.45, 2.75) is 10.5 Å². The Bertz CT molecular complexity index is 3860. The van der Waals surface area contributed by atoms with Gasteiger partial charge in [-0.15, -0.1) is 68.9 Å². The van der Waals surface area contributed by atoms with Gasteiger partial charge in [-0.2, -0.15) is 10.5 Å². The van der Waals surface area contributed by atoms with E-state index >= 15 is 0 Å². The maximum absolute atomic E-state index is 11.4. The van der Waals surface area contributed by atoms with Crippen molar-refractivity contribution in [2.24, 2.45) is 0 Å². The fourth-order valence-electron chi connectivity index (χ4n) is 8.84. The van der Waals surface area contributed by atoms with Crippen LogP contribution >= 0.6 is 68.9 Å². The first kappa shape index (κ1) is 45.8. The number of carboxylic acid groups (broad SMARTS) is 2. The normalized spacial score (nSPS) is 17.4. The summed E-state index contributed by atoms with van der Waals surface area (Å²) in [5.74, 6) is 0.418. The first-order chi connectivity index (χ1) is 35.2. The second kappa shape index (κ2) is 19.0. The molecule has 9 heterocycles. The van der Waals surface area contributed by atoms with Crippen molar-refractivity contribution >= 4 is 147 Å². The van der Waals surface area contributed by atoms with Crippen molar-refractivity contribution < 1.29 is 38.7 Å². The van der Waals surface area contributed by atoms with Crippen LogP contribution in [-0.2, 0) is 9.59 Å². The van der Waals surface area contributed by atoms with Crippen molar-refractivity contribution in [2.75, 3.05) is 26.4 Å². The Morgan fingerprint density at radius 3 is 1.78 bits per heavy atom. The van der Waals surface area contributed by atoms with Crippen LogP contribution in [0.25, 0.3) is 87.4 Å². The van der Waals surface area contributed by atoms with E-state index in [1.165, 1.54) is 23.5 Å². The van der Waals surface area contributed by atoms with Gasteiger partial charge in [0.15, 0.2) is 23.0 Å². The summed E-state index contributed by atoms with van der Waals surface area (Å²) in [5, 5.41) is 39.4. The third-order valence-corrected chi connectivity index (χ3v) is 19.6. The zero-order valence-corrected chi connectivity index (χ0v) is 42.1. The van der Waals surface area contributed by atoms with Gasteiger partial charge in [0.05, 0.1) is 35.4 Å². The molecular weight excluding hydrogens is 1020 g/mol. The molecule has 8 aromatic rings. The Morgan fingerprint density at radius 2 is 1.18 bits per heavy atom. The third kappa shape index (κ3) is 8.57. The molecule has 12 rings (SSSR count). The number of aliphatic carboxylic acids is 2. The Hall–Kier alpha value is -7.35. The van der Waals surface area contributed by atoms with Crippen molar-refractivity contribution in [3.63, 3.8) is 0 Å². The van der Waals surface area contributed by atoms with Crippen LogP contribution in [0.4, 0.5) is 0 Å². The number of thiophene rings is 4. The van der Waals surface area contributed by atoms with E-state index < -0.39 is 11.9 Å². The summed E-state index contributed by atoms with van der Waals surface area (Å²) >= 11 is 9.53. The Balaban J connectivity index is 0.855. The number of ether oxygens (including phenoxy) is 4. The van der Waals surface area contributed by atoms with E-state index in [0.29, 0.717) is 42.8 Å². The second-order valence-electron chi connectivity index (χ2n) is 16.6. The van der Waals surface area contributed by atoms with Gasteiger partial charge in [-0.3, -0.25) is 0 Å². The highest BCUT2D eigenvalue weighted by molar-refractivity contribution is 8.12. The number of hydrogen-bond donors (Lipinski definition) is 2. The Morgan fingerprint density at radius 1 is 0.611 bits per heavy atom. The summed E-state index contributed by atoms with van der Waals surface area (Å²) in [6.07, 6.45) is 15.5. The Labute approximate surface area is 435 Å². The standard InChI is InChI=1S/C55H33N3O8S6/c56-26-31(54(59)60)20-33-22-41-43(67-33)24-45(69-41)52-50-48(63-14-16-65-50)39(71-52)12-8-28-6-10-37-35(18-28)47(30-4-2-1-3-5-30)36-19-29(7-11-38(36)58-37)9-13-40-49-51(66-17-15-64-49)53(72-40)46-25-44-42(70-46)23-34(68-44)21-32(27-57)55(61)62/h1-13,18-25,41,43H,14-17H2,(H,59,60)(H,61,62)/b12-8+,13-9+,31-20+,32-21+. The quantitative estimate of drug-likeness (QED) is 0.0713. The van der Waals surface area contributed by atoms with Crippen LogP contribution < -0.4 is 18.9 Å². The molecule has 4 aliphatic rings. The molecule has 0 fully saturated rings. The summed E-state index contributed by atoms with van der Waals surface area (Å²) in [5.41, 5.74) is 5.32. The van der Waals surface area contributed by atoms with Crippen molar-refractivity contribution in [1.29, 1.82) is 10.5 Å². The fourth-order valence-corrected chi connectivity index (χ4v) is 16.5. The number of carboxylic acids is 2. The zero-order chi connectivity index (χ0) is 49.0. The van der Waals surface area contributed by atoms with Crippen molar-refractivity contribution in [3.05, 3.63) is 144 Å². The number of pyridine rings is 1. The highest BCUT2D eigenvalue weighted by Crippen LogP contribution is 2.57. The van der Waals surface area contributed by atoms with Crippen LogP contribution in [0.3, 0.4) is 0 Å². The lowest BCUT2D eigenvalue weighted by Crippen LogP contribution is -2.15. The SMILES string of the molecule is N#C/C(=C\C1=CC2SC(c3sc(/C=C/c4ccc5nc6ccc(/C=C/c7sc(-c8cc9sc(/C=C(\C#N)C(=O)O)cc9s8)c8c7OCCO8)cc6c(-c6ccccc6)c5c4)c4c3OCCO4)=CC2S1)C(=O)O. The molecule has 11 nitrogen and oxygen atoms in total. The van der Waals surface area contributed by atoms with Gasteiger partial charge in [-0.05, 0) is 77.4 Å². The number of aromatic nitrogens is 1. The number of benzene rings is 3. The molecule has 2 unspecified atom stereocenters. The largest absolute Gasteiger partial charge is 0.485 e. The highest BCUT2D eigenvalue weighted by Gasteiger charge is 2.37. The minimum atomic E-state index is -1.25.